The smallest absolute Gasteiger partial charge is 0.390 e. The molecule has 0 radical (unpaired) electrons. The average molecular weight is 438 g/mol. The summed E-state index contributed by atoms with van der Waals surface area (Å²) < 4.78 is 47.4. The number of nitro groups is 1. The minimum Gasteiger partial charge on any atom is -0.390 e. The molecule has 1 N–H and O–H groups in total. The van der Waals surface area contributed by atoms with Gasteiger partial charge in [-0.1, -0.05) is 34.5 Å². The maximum absolute atomic E-state index is 12.4. The van der Waals surface area contributed by atoms with Gasteiger partial charge in [-0.25, -0.2) is 9.25 Å². The molecule has 0 aliphatic heterocycles. The van der Waals surface area contributed by atoms with Crippen LogP contribution < -0.4 is 0 Å². The predicted octanol–water partition coefficient (Wildman–Crippen LogP) is 2.10. The van der Waals surface area contributed by atoms with Gasteiger partial charge in [0.1, 0.15) is 18.1 Å². The van der Waals surface area contributed by atoms with Crippen molar-refractivity contribution in [1.29, 1.82) is 0 Å². The van der Waals surface area contributed by atoms with Crippen molar-refractivity contribution in [2.45, 2.75) is 31.2 Å². The van der Waals surface area contributed by atoms with E-state index in [1.807, 2.05) is 0 Å². The lowest BCUT2D eigenvalue weighted by molar-refractivity contribution is -0.396. The first-order chi connectivity index (χ1) is 14.3. The molecule has 1 unspecified atom stereocenters. The van der Waals surface area contributed by atoms with Gasteiger partial charge in [-0.3, -0.25) is 8.94 Å². The van der Waals surface area contributed by atoms with Crippen molar-refractivity contribution >= 4 is 16.1 Å². The summed E-state index contributed by atoms with van der Waals surface area (Å²) >= 11 is 0. The minimum absolute atomic E-state index is 0.0335. The van der Waals surface area contributed by atoms with Crippen molar-refractivity contribution in [2.24, 2.45) is 0 Å². The Hall–Kier alpha value is -3.19. The Bertz CT molecular complexity index is 1110. The van der Waals surface area contributed by atoms with E-state index in [4.69, 9.17) is 0 Å². The standard InChI is InChI=1S/C17H19FN6O5S/c18-7-1-2-15(30(27,28)29)10-13-3-5-14(6-4-13)16-11-23(21-20-16)12-22-9-8-19-17(22)24(25)26/h3-6,8-9,11,15H,1-2,7,10,12H2,(H,27,28,29). The predicted molar refractivity (Wildman–Crippen MR) is 104 cm³/mol. The summed E-state index contributed by atoms with van der Waals surface area (Å²) in [4.78, 5) is 14.0. The highest BCUT2D eigenvalue weighted by Crippen LogP contribution is 2.20. The van der Waals surface area contributed by atoms with Gasteiger partial charge in [-0.15, -0.1) is 5.10 Å². The molecule has 0 bridgehead atoms. The Morgan fingerprint density at radius 3 is 2.63 bits per heavy atom. The minimum atomic E-state index is -4.28. The number of nitrogens with zero attached hydrogens (tertiary/aromatic N) is 6. The van der Waals surface area contributed by atoms with Crippen LogP contribution in [0.2, 0.25) is 0 Å². The molecule has 0 amide bonds. The van der Waals surface area contributed by atoms with E-state index >= 15 is 0 Å². The highest BCUT2D eigenvalue weighted by molar-refractivity contribution is 7.86. The Balaban J connectivity index is 1.71. The number of hydrogen-bond acceptors (Lipinski definition) is 7. The first-order valence-electron chi connectivity index (χ1n) is 8.95. The van der Waals surface area contributed by atoms with E-state index in [9.17, 15) is 27.5 Å². The van der Waals surface area contributed by atoms with Crippen molar-refractivity contribution in [1.82, 2.24) is 24.5 Å². The van der Waals surface area contributed by atoms with Crippen LogP contribution in [0.25, 0.3) is 11.3 Å². The molecule has 2 heterocycles. The van der Waals surface area contributed by atoms with Gasteiger partial charge < -0.3 is 10.1 Å². The van der Waals surface area contributed by atoms with Crippen molar-refractivity contribution in [2.75, 3.05) is 6.67 Å². The van der Waals surface area contributed by atoms with E-state index in [2.05, 4.69) is 15.3 Å². The zero-order chi connectivity index (χ0) is 21.7. The highest BCUT2D eigenvalue weighted by Gasteiger charge is 2.23. The second-order valence-corrected chi connectivity index (χ2v) is 8.30. The second-order valence-electron chi connectivity index (χ2n) is 6.61. The largest absolute Gasteiger partial charge is 0.436 e. The fraction of sp³-hybridized carbons (Fsp3) is 0.353. The molecule has 0 spiro atoms. The van der Waals surface area contributed by atoms with E-state index in [1.165, 1.54) is 21.6 Å². The van der Waals surface area contributed by atoms with Gasteiger partial charge in [0.25, 0.3) is 10.1 Å². The molecule has 3 aromatic rings. The van der Waals surface area contributed by atoms with Gasteiger partial charge in [0.15, 0.2) is 6.67 Å². The SMILES string of the molecule is O=[N+]([O-])c1nccn1Cn1cc(-c2ccc(CC(CCCF)S(=O)(=O)O)cc2)nn1. The van der Waals surface area contributed by atoms with E-state index in [0.29, 0.717) is 16.8 Å². The van der Waals surface area contributed by atoms with Crippen molar-refractivity contribution in [3.05, 3.63) is 58.5 Å². The zero-order valence-electron chi connectivity index (χ0n) is 15.7. The van der Waals surface area contributed by atoms with Crippen LogP contribution in [0.3, 0.4) is 0 Å². The van der Waals surface area contributed by atoms with Crippen LogP contribution in [0.1, 0.15) is 18.4 Å². The summed E-state index contributed by atoms with van der Waals surface area (Å²) in [5.41, 5.74) is 1.90. The molecule has 0 aliphatic carbocycles. The van der Waals surface area contributed by atoms with E-state index in [0.717, 1.165) is 0 Å². The molecule has 13 heteroatoms. The lowest BCUT2D eigenvalue weighted by Crippen LogP contribution is -2.23. The molecule has 0 saturated heterocycles. The number of aromatic nitrogens is 5. The van der Waals surface area contributed by atoms with Crippen molar-refractivity contribution < 1.29 is 22.3 Å². The lowest BCUT2D eigenvalue weighted by Gasteiger charge is -2.13. The quantitative estimate of drug-likeness (QED) is 0.288. The van der Waals surface area contributed by atoms with E-state index in [1.54, 1.807) is 30.5 Å². The Labute approximate surface area is 171 Å². The van der Waals surface area contributed by atoms with Gasteiger partial charge in [0.05, 0.1) is 18.1 Å². The Kier molecular flexibility index (Phi) is 6.52. The molecule has 0 saturated carbocycles. The molecule has 3 rings (SSSR count). The molecule has 0 aliphatic rings. The van der Waals surface area contributed by atoms with Crippen LogP contribution in [-0.2, 0) is 23.2 Å². The summed E-state index contributed by atoms with van der Waals surface area (Å²) in [7, 11) is -4.28. The fourth-order valence-electron chi connectivity index (χ4n) is 2.98. The normalized spacial score (nSPS) is 12.7. The molecule has 30 heavy (non-hydrogen) atoms. The number of rotatable bonds is 10. The van der Waals surface area contributed by atoms with Crippen LogP contribution in [0.5, 0.6) is 0 Å². The van der Waals surface area contributed by atoms with Gasteiger partial charge in [-0.05, 0) is 29.7 Å². The van der Waals surface area contributed by atoms with Crippen molar-refractivity contribution in [3.8, 4) is 11.3 Å². The molecular formula is C17H19FN6O5S. The molecule has 160 valence electrons. The number of benzene rings is 1. The molecule has 1 atom stereocenters. The van der Waals surface area contributed by atoms with Crippen LogP contribution in [0.15, 0.2) is 42.9 Å². The topological polar surface area (TPSA) is 146 Å². The molecule has 0 fully saturated rings. The maximum atomic E-state index is 12.4. The number of alkyl halides is 1. The van der Waals surface area contributed by atoms with Gasteiger partial charge in [-0.2, -0.15) is 8.42 Å². The average Bonchev–Trinajstić information content (AvgIpc) is 3.35. The van der Waals surface area contributed by atoms with E-state index in [-0.39, 0.29) is 31.9 Å². The van der Waals surface area contributed by atoms with Gasteiger partial charge >= 0.3 is 5.95 Å². The number of hydrogen-bond donors (Lipinski definition) is 1. The summed E-state index contributed by atoms with van der Waals surface area (Å²) in [6.07, 6.45) is 4.55. The molecule has 2 aromatic heterocycles. The summed E-state index contributed by atoms with van der Waals surface area (Å²) in [5, 5.41) is 17.9. The molecule has 11 nitrogen and oxygen atoms in total. The third-order valence-electron chi connectivity index (χ3n) is 4.49. The van der Waals surface area contributed by atoms with Crippen molar-refractivity contribution in [3.63, 3.8) is 0 Å². The first kappa shape index (κ1) is 21.5. The summed E-state index contributed by atoms with van der Waals surface area (Å²) in [6, 6.07) is 6.84. The Morgan fingerprint density at radius 1 is 1.27 bits per heavy atom. The number of imidazole rings is 1. The maximum Gasteiger partial charge on any atom is 0.436 e. The summed E-state index contributed by atoms with van der Waals surface area (Å²) in [5.74, 6) is -0.308. The summed E-state index contributed by atoms with van der Waals surface area (Å²) in [6.45, 7) is -0.588. The first-order valence-corrected chi connectivity index (χ1v) is 10.5. The van der Waals surface area contributed by atoms with Gasteiger partial charge in [0.2, 0.25) is 0 Å². The zero-order valence-corrected chi connectivity index (χ0v) is 16.5. The second kappa shape index (κ2) is 9.09. The van der Waals surface area contributed by atoms with E-state index < -0.39 is 27.0 Å². The lowest BCUT2D eigenvalue weighted by atomic mass is 10.0. The Morgan fingerprint density at radius 2 is 2.00 bits per heavy atom. The third kappa shape index (κ3) is 5.24. The monoisotopic (exact) mass is 438 g/mol. The molecular weight excluding hydrogens is 419 g/mol. The third-order valence-corrected chi connectivity index (χ3v) is 5.73. The van der Waals surface area contributed by atoms with Crippen LogP contribution in [0.4, 0.5) is 10.3 Å². The van der Waals surface area contributed by atoms with Gasteiger partial charge in [0, 0.05) is 5.56 Å². The molecule has 1 aromatic carbocycles. The fourth-order valence-corrected chi connectivity index (χ4v) is 3.84. The van der Waals surface area contributed by atoms with Crippen LogP contribution >= 0.6 is 0 Å². The number of halogens is 1. The highest BCUT2D eigenvalue weighted by atomic mass is 32.2. The van der Waals surface area contributed by atoms with Crippen LogP contribution in [-0.4, -0.2) is 54.4 Å². The van der Waals surface area contributed by atoms with Crippen LogP contribution in [0, 0.1) is 10.1 Å².